The Labute approximate surface area is 87.7 Å². The van der Waals surface area contributed by atoms with Gasteiger partial charge in [0.05, 0.1) is 6.61 Å². The predicted molar refractivity (Wildman–Crippen MR) is 56.9 cm³/mol. The molecule has 1 fully saturated rings. The van der Waals surface area contributed by atoms with E-state index in [9.17, 15) is 4.79 Å². The molecule has 1 heterocycles. The van der Waals surface area contributed by atoms with Crippen LogP contribution in [0.5, 0.6) is 0 Å². The van der Waals surface area contributed by atoms with E-state index in [1.807, 2.05) is 6.92 Å². The molecular formula is C8H15N3O2S. The first-order chi connectivity index (χ1) is 6.56. The fraction of sp³-hybridized carbons (Fsp3) is 0.750. The van der Waals surface area contributed by atoms with E-state index in [1.54, 1.807) is 18.9 Å². The largest absolute Gasteiger partial charge is 0.464 e. The third kappa shape index (κ3) is 1.66. The Bertz CT molecular complexity index is 269. The summed E-state index contributed by atoms with van der Waals surface area (Å²) in [6, 6.07) is 0. The van der Waals surface area contributed by atoms with Crippen LogP contribution < -0.4 is 5.84 Å². The summed E-state index contributed by atoms with van der Waals surface area (Å²) >= 11 is 1.46. The van der Waals surface area contributed by atoms with Gasteiger partial charge in [-0.2, -0.15) is 5.10 Å². The van der Waals surface area contributed by atoms with Crippen LogP contribution in [0.25, 0.3) is 0 Å². The molecule has 0 aromatic carbocycles. The van der Waals surface area contributed by atoms with Crippen molar-refractivity contribution in [3.63, 3.8) is 0 Å². The minimum atomic E-state index is -0.640. The number of nitrogens with two attached hydrogens (primary N) is 1. The second-order valence-corrected chi connectivity index (χ2v) is 4.20. The molecule has 0 saturated carbocycles. The zero-order valence-electron chi connectivity index (χ0n) is 8.61. The molecule has 0 spiro atoms. The minimum absolute atomic E-state index is 0.228. The highest BCUT2D eigenvalue weighted by atomic mass is 32.2. The van der Waals surface area contributed by atoms with Crippen LogP contribution >= 0.6 is 11.8 Å². The molecule has 0 aromatic rings. The molecule has 2 N–H and O–H groups in total. The molecule has 1 saturated heterocycles. The van der Waals surface area contributed by atoms with Gasteiger partial charge in [0, 0.05) is 12.8 Å². The molecule has 0 aromatic heterocycles. The summed E-state index contributed by atoms with van der Waals surface area (Å²) in [5, 5.41) is 4.27. The lowest BCUT2D eigenvalue weighted by Crippen LogP contribution is -2.50. The number of hydrogen-bond acceptors (Lipinski definition) is 5. The normalized spacial score (nSPS) is 29.6. The summed E-state index contributed by atoms with van der Waals surface area (Å²) in [5.41, 5.74) is -0.640. The van der Waals surface area contributed by atoms with Gasteiger partial charge in [-0.3, -0.25) is 0 Å². The standard InChI is InChI=1S/C8H15N3O2S/c1-4-13-6(12)8(2)5-14-7(10-9)11(8)3/h4-5,9H2,1-3H3. The highest BCUT2D eigenvalue weighted by Gasteiger charge is 2.46. The summed E-state index contributed by atoms with van der Waals surface area (Å²) in [5.74, 6) is 5.59. The quantitative estimate of drug-likeness (QED) is 0.407. The maximum Gasteiger partial charge on any atom is 0.332 e. The lowest BCUT2D eigenvalue weighted by atomic mass is 10.1. The molecule has 5 nitrogen and oxygen atoms in total. The number of esters is 1. The Morgan fingerprint density at radius 2 is 2.50 bits per heavy atom. The van der Waals surface area contributed by atoms with Crippen LogP contribution in [-0.4, -0.2) is 41.0 Å². The summed E-state index contributed by atoms with van der Waals surface area (Å²) in [4.78, 5) is 13.4. The molecule has 0 aliphatic carbocycles. The lowest BCUT2D eigenvalue weighted by Gasteiger charge is -2.29. The van der Waals surface area contributed by atoms with E-state index in [4.69, 9.17) is 10.6 Å². The van der Waals surface area contributed by atoms with Crippen LogP contribution in [0.4, 0.5) is 0 Å². The topological polar surface area (TPSA) is 67.9 Å². The Morgan fingerprint density at radius 3 is 2.93 bits per heavy atom. The van der Waals surface area contributed by atoms with Gasteiger partial charge in [-0.1, -0.05) is 11.8 Å². The molecule has 1 aliphatic rings. The van der Waals surface area contributed by atoms with E-state index < -0.39 is 5.54 Å². The van der Waals surface area contributed by atoms with Crippen LogP contribution in [0.2, 0.25) is 0 Å². The molecular weight excluding hydrogens is 202 g/mol. The second kappa shape index (κ2) is 4.08. The molecule has 1 rings (SSSR count). The van der Waals surface area contributed by atoms with Gasteiger partial charge in [0.15, 0.2) is 5.17 Å². The highest BCUT2D eigenvalue weighted by Crippen LogP contribution is 2.32. The zero-order chi connectivity index (χ0) is 10.8. The van der Waals surface area contributed by atoms with Crippen molar-refractivity contribution in [3.05, 3.63) is 0 Å². The smallest absolute Gasteiger partial charge is 0.332 e. The number of ether oxygens (including phenoxy) is 1. The van der Waals surface area contributed by atoms with E-state index in [0.29, 0.717) is 17.5 Å². The van der Waals surface area contributed by atoms with Gasteiger partial charge < -0.3 is 15.5 Å². The Morgan fingerprint density at radius 1 is 1.86 bits per heavy atom. The van der Waals surface area contributed by atoms with E-state index in [2.05, 4.69) is 5.10 Å². The number of rotatable bonds is 2. The average molecular weight is 217 g/mol. The number of thioether (sulfide) groups is 1. The van der Waals surface area contributed by atoms with Crippen molar-refractivity contribution in [2.75, 3.05) is 19.4 Å². The molecule has 1 unspecified atom stereocenters. The molecule has 0 radical (unpaired) electrons. The number of hydrazone groups is 1. The van der Waals surface area contributed by atoms with Crippen molar-refractivity contribution in [1.29, 1.82) is 0 Å². The van der Waals surface area contributed by atoms with Crippen LogP contribution in [0.3, 0.4) is 0 Å². The fourth-order valence-electron chi connectivity index (χ4n) is 1.22. The Balaban J connectivity index is 2.81. The third-order valence-corrected chi connectivity index (χ3v) is 3.68. The number of carbonyl (C=O) groups excluding carboxylic acids is 1. The first kappa shape index (κ1) is 11.2. The number of carbonyl (C=O) groups is 1. The van der Waals surface area contributed by atoms with Crippen molar-refractivity contribution < 1.29 is 9.53 Å². The molecule has 0 amide bonds. The van der Waals surface area contributed by atoms with Crippen molar-refractivity contribution in [1.82, 2.24) is 4.90 Å². The van der Waals surface area contributed by atoms with Gasteiger partial charge in [0.1, 0.15) is 5.54 Å². The van der Waals surface area contributed by atoms with Crippen LogP contribution in [0, 0.1) is 0 Å². The number of nitrogens with zero attached hydrogens (tertiary/aromatic N) is 2. The molecule has 1 atom stereocenters. The predicted octanol–water partition coefficient (Wildman–Crippen LogP) is 0.217. The lowest BCUT2D eigenvalue weighted by molar-refractivity contribution is -0.152. The summed E-state index contributed by atoms with van der Waals surface area (Å²) in [7, 11) is 1.79. The first-order valence-corrected chi connectivity index (χ1v) is 5.36. The van der Waals surface area contributed by atoms with Crippen molar-refractivity contribution in [3.8, 4) is 0 Å². The monoisotopic (exact) mass is 217 g/mol. The maximum absolute atomic E-state index is 11.7. The number of amidine groups is 1. The van der Waals surface area contributed by atoms with Crippen LogP contribution in [0.15, 0.2) is 5.10 Å². The van der Waals surface area contributed by atoms with Crippen molar-refractivity contribution >= 4 is 22.9 Å². The van der Waals surface area contributed by atoms with Gasteiger partial charge in [-0.15, -0.1) is 0 Å². The molecule has 0 bridgehead atoms. The van der Waals surface area contributed by atoms with Gasteiger partial charge in [-0.25, -0.2) is 4.79 Å². The summed E-state index contributed by atoms with van der Waals surface area (Å²) < 4.78 is 5.00. The maximum atomic E-state index is 11.7. The van der Waals surface area contributed by atoms with E-state index in [0.717, 1.165) is 0 Å². The molecule has 6 heteroatoms. The molecule has 80 valence electrons. The van der Waals surface area contributed by atoms with Gasteiger partial charge in [-0.05, 0) is 13.8 Å². The molecule has 1 aliphatic heterocycles. The highest BCUT2D eigenvalue weighted by molar-refractivity contribution is 8.14. The van der Waals surface area contributed by atoms with Gasteiger partial charge >= 0.3 is 5.97 Å². The zero-order valence-corrected chi connectivity index (χ0v) is 9.43. The fourth-order valence-corrected chi connectivity index (χ4v) is 2.41. The second-order valence-electron chi connectivity index (χ2n) is 3.25. The van der Waals surface area contributed by atoms with E-state index in [1.165, 1.54) is 11.8 Å². The summed E-state index contributed by atoms with van der Waals surface area (Å²) in [6.07, 6.45) is 0. The minimum Gasteiger partial charge on any atom is -0.464 e. The van der Waals surface area contributed by atoms with Gasteiger partial charge in [0.2, 0.25) is 0 Å². The van der Waals surface area contributed by atoms with Crippen LogP contribution in [-0.2, 0) is 9.53 Å². The Kier molecular flexibility index (Phi) is 3.25. The number of hydrogen-bond donors (Lipinski definition) is 1. The summed E-state index contributed by atoms with van der Waals surface area (Å²) in [6.45, 7) is 4.01. The van der Waals surface area contributed by atoms with E-state index in [-0.39, 0.29) is 5.97 Å². The molecule has 14 heavy (non-hydrogen) atoms. The Hall–Kier alpha value is -0.910. The third-order valence-electron chi connectivity index (χ3n) is 2.34. The van der Waals surface area contributed by atoms with Crippen LogP contribution in [0.1, 0.15) is 13.8 Å². The van der Waals surface area contributed by atoms with Crippen molar-refractivity contribution in [2.45, 2.75) is 19.4 Å². The average Bonchev–Trinajstić information content (AvgIpc) is 2.45. The SMILES string of the molecule is CCOC(=O)C1(C)CSC(=NN)N1C. The van der Waals surface area contributed by atoms with Crippen molar-refractivity contribution in [2.24, 2.45) is 10.9 Å². The number of likely N-dealkylation sites (N-methyl/N-ethyl adjacent to an activating group) is 1. The van der Waals surface area contributed by atoms with E-state index >= 15 is 0 Å². The van der Waals surface area contributed by atoms with Gasteiger partial charge in [0.25, 0.3) is 0 Å². The first-order valence-electron chi connectivity index (χ1n) is 4.38.